The van der Waals surface area contributed by atoms with E-state index in [0.717, 1.165) is 11.3 Å². The number of hydrogen-bond donors (Lipinski definition) is 0. The van der Waals surface area contributed by atoms with Crippen LogP contribution >= 0.6 is 0 Å². The predicted octanol–water partition coefficient (Wildman–Crippen LogP) is 2.88. The summed E-state index contributed by atoms with van der Waals surface area (Å²) in [6, 6.07) is 14.4. The maximum absolute atomic E-state index is 13.3. The number of pyridine rings is 1. The van der Waals surface area contributed by atoms with Crippen molar-refractivity contribution in [3.63, 3.8) is 0 Å². The van der Waals surface area contributed by atoms with Crippen LogP contribution in [-0.4, -0.2) is 46.6 Å². The third-order valence-corrected chi connectivity index (χ3v) is 5.48. The van der Waals surface area contributed by atoms with E-state index in [2.05, 4.69) is 10.00 Å². The molecule has 8 heteroatoms. The van der Waals surface area contributed by atoms with Crippen LogP contribution in [0.1, 0.15) is 15.9 Å². The van der Waals surface area contributed by atoms with Gasteiger partial charge in [0.05, 0.1) is 49.7 Å². The van der Waals surface area contributed by atoms with Crippen LogP contribution in [0.25, 0.3) is 11.3 Å². The molecule has 4 aromatic rings. The molecule has 0 N–H and O–H groups in total. The molecule has 1 aromatic carbocycles. The van der Waals surface area contributed by atoms with Crippen molar-refractivity contribution in [2.75, 3.05) is 31.2 Å². The van der Waals surface area contributed by atoms with E-state index in [-0.39, 0.29) is 11.5 Å². The molecule has 8 nitrogen and oxygen atoms in total. The van der Waals surface area contributed by atoms with Gasteiger partial charge in [-0.25, -0.2) is 4.68 Å². The number of ether oxygens (including phenoxy) is 1. The summed E-state index contributed by atoms with van der Waals surface area (Å²) in [5.41, 5.74) is 2.92. The van der Waals surface area contributed by atoms with E-state index in [4.69, 9.17) is 9.15 Å². The van der Waals surface area contributed by atoms with E-state index in [1.807, 2.05) is 30.3 Å². The summed E-state index contributed by atoms with van der Waals surface area (Å²) < 4.78 is 13.5. The lowest BCUT2D eigenvalue weighted by atomic mass is 10.1. The van der Waals surface area contributed by atoms with Crippen LogP contribution in [0.4, 0.5) is 5.69 Å². The Labute approximate surface area is 184 Å². The van der Waals surface area contributed by atoms with Crippen LogP contribution in [0.3, 0.4) is 0 Å². The van der Waals surface area contributed by atoms with Crippen LogP contribution in [0.15, 0.2) is 82.7 Å². The van der Waals surface area contributed by atoms with Gasteiger partial charge in [-0.05, 0) is 30.3 Å². The Hall–Kier alpha value is -3.91. The first-order chi connectivity index (χ1) is 15.7. The summed E-state index contributed by atoms with van der Waals surface area (Å²) in [6.45, 7) is 2.87. The highest BCUT2D eigenvalue weighted by atomic mass is 16.5. The lowest BCUT2D eigenvalue weighted by molar-refractivity contribution is 0.0945. The number of hydrogen-bond acceptors (Lipinski definition) is 6. The molecule has 162 valence electrons. The number of carbonyl (C=O) groups excluding carboxylic acids is 1. The number of benzene rings is 1. The fourth-order valence-corrected chi connectivity index (χ4v) is 3.83. The standard InChI is InChI=1S/C24H22N4O4/c29-23(19-5-2-1-3-6-19)28-16-21(26-10-13-31-14-11-26)22(25-28)20-7-4-9-27(24(20)30)15-18-8-12-32-17-18/h1-9,12,16-17H,10-11,13-15H2. The van der Waals surface area contributed by atoms with Gasteiger partial charge in [0.1, 0.15) is 5.69 Å². The van der Waals surface area contributed by atoms with Gasteiger partial charge in [-0.2, -0.15) is 5.10 Å². The van der Waals surface area contributed by atoms with Gasteiger partial charge < -0.3 is 18.6 Å². The summed E-state index contributed by atoms with van der Waals surface area (Å²) in [6.07, 6.45) is 6.64. The molecule has 32 heavy (non-hydrogen) atoms. The topological polar surface area (TPSA) is 82.5 Å². The van der Waals surface area contributed by atoms with Crippen molar-refractivity contribution in [1.82, 2.24) is 14.3 Å². The van der Waals surface area contributed by atoms with E-state index in [1.54, 1.807) is 47.7 Å². The largest absolute Gasteiger partial charge is 0.472 e. The van der Waals surface area contributed by atoms with Crippen LogP contribution in [0, 0.1) is 0 Å². The average molecular weight is 430 g/mol. The quantitative estimate of drug-likeness (QED) is 0.484. The zero-order valence-corrected chi connectivity index (χ0v) is 17.4. The van der Waals surface area contributed by atoms with Gasteiger partial charge >= 0.3 is 0 Å². The molecule has 1 saturated heterocycles. The first kappa shape index (κ1) is 20.0. The number of anilines is 1. The van der Waals surface area contributed by atoms with Gasteiger partial charge in [-0.15, -0.1) is 0 Å². The summed E-state index contributed by atoms with van der Waals surface area (Å²) >= 11 is 0. The molecule has 0 atom stereocenters. The van der Waals surface area contributed by atoms with E-state index < -0.39 is 0 Å². The molecule has 1 aliphatic rings. The van der Waals surface area contributed by atoms with Gasteiger partial charge in [-0.3, -0.25) is 9.59 Å². The molecule has 0 saturated carbocycles. The SMILES string of the molecule is O=C(c1ccccc1)n1cc(N2CCOCC2)c(-c2cccn(Cc3ccoc3)c2=O)n1. The fraction of sp³-hybridized carbons (Fsp3) is 0.208. The first-order valence-corrected chi connectivity index (χ1v) is 10.4. The minimum Gasteiger partial charge on any atom is -0.472 e. The predicted molar refractivity (Wildman–Crippen MR) is 119 cm³/mol. The van der Waals surface area contributed by atoms with Crippen molar-refractivity contribution in [3.8, 4) is 11.3 Å². The van der Waals surface area contributed by atoms with Crippen molar-refractivity contribution < 1.29 is 13.9 Å². The maximum Gasteiger partial charge on any atom is 0.278 e. The Morgan fingerprint density at radius 2 is 1.84 bits per heavy atom. The third-order valence-electron chi connectivity index (χ3n) is 5.48. The lowest BCUT2D eigenvalue weighted by Crippen LogP contribution is -2.36. The van der Waals surface area contributed by atoms with Crippen LogP contribution in [-0.2, 0) is 11.3 Å². The van der Waals surface area contributed by atoms with Crippen LogP contribution in [0.5, 0.6) is 0 Å². The smallest absolute Gasteiger partial charge is 0.278 e. The van der Waals surface area contributed by atoms with Crippen LogP contribution in [0.2, 0.25) is 0 Å². The van der Waals surface area contributed by atoms with Gasteiger partial charge in [0.15, 0.2) is 0 Å². The second kappa shape index (κ2) is 8.68. The van der Waals surface area contributed by atoms with Crippen molar-refractivity contribution in [2.45, 2.75) is 6.54 Å². The number of morpholine rings is 1. The second-order valence-electron chi connectivity index (χ2n) is 7.56. The minimum absolute atomic E-state index is 0.180. The lowest BCUT2D eigenvalue weighted by Gasteiger charge is -2.28. The minimum atomic E-state index is -0.249. The number of nitrogens with zero attached hydrogens (tertiary/aromatic N) is 4. The zero-order chi connectivity index (χ0) is 21.9. The van der Waals surface area contributed by atoms with E-state index in [0.29, 0.717) is 49.7 Å². The van der Waals surface area contributed by atoms with E-state index in [9.17, 15) is 9.59 Å². The third kappa shape index (κ3) is 3.88. The summed E-state index contributed by atoms with van der Waals surface area (Å²) in [4.78, 5) is 28.5. The number of aromatic nitrogens is 3. The van der Waals surface area contributed by atoms with E-state index in [1.165, 1.54) is 4.68 Å². The van der Waals surface area contributed by atoms with Gasteiger partial charge in [0, 0.05) is 30.4 Å². The van der Waals surface area contributed by atoms with Crippen LogP contribution < -0.4 is 10.5 Å². The fourth-order valence-electron chi connectivity index (χ4n) is 3.83. The Balaban J connectivity index is 1.59. The summed E-state index contributed by atoms with van der Waals surface area (Å²) in [5, 5.41) is 4.58. The normalized spacial score (nSPS) is 13.9. The molecule has 0 radical (unpaired) electrons. The Morgan fingerprint density at radius 3 is 2.59 bits per heavy atom. The van der Waals surface area contributed by atoms with Crippen molar-refractivity contribution in [2.24, 2.45) is 0 Å². The van der Waals surface area contributed by atoms with Crippen molar-refractivity contribution in [3.05, 3.63) is 94.9 Å². The molecule has 1 aliphatic heterocycles. The number of carbonyl (C=O) groups is 1. The van der Waals surface area contributed by atoms with E-state index >= 15 is 0 Å². The molecule has 1 fully saturated rings. The molecule has 0 amide bonds. The monoisotopic (exact) mass is 430 g/mol. The summed E-state index contributed by atoms with van der Waals surface area (Å²) in [5.74, 6) is -0.249. The highest BCUT2D eigenvalue weighted by Crippen LogP contribution is 2.29. The Bertz CT molecular complexity index is 1270. The van der Waals surface area contributed by atoms with Crippen molar-refractivity contribution in [1.29, 1.82) is 0 Å². The highest BCUT2D eigenvalue weighted by molar-refractivity contribution is 5.96. The molecule has 0 aliphatic carbocycles. The van der Waals surface area contributed by atoms with Crippen molar-refractivity contribution >= 4 is 11.6 Å². The summed E-state index contributed by atoms with van der Waals surface area (Å²) in [7, 11) is 0. The first-order valence-electron chi connectivity index (χ1n) is 10.4. The zero-order valence-electron chi connectivity index (χ0n) is 17.4. The molecule has 5 rings (SSSR count). The molecule has 0 unspecified atom stereocenters. The number of rotatable bonds is 5. The number of furan rings is 1. The molecular weight excluding hydrogens is 408 g/mol. The Kier molecular flexibility index (Phi) is 5.43. The molecule has 0 spiro atoms. The molecule has 3 aromatic heterocycles. The van der Waals surface area contributed by atoms with Gasteiger partial charge in [-0.1, -0.05) is 18.2 Å². The highest BCUT2D eigenvalue weighted by Gasteiger charge is 2.24. The molecular formula is C24H22N4O4. The van der Waals surface area contributed by atoms with Gasteiger partial charge in [0.2, 0.25) is 0 Å². The maximum atomic E-state index is 13.3. The molecule has 4 heterocycles. The molecule has 0 bridgehead atoms. The second-order valence-corrected chi connectivity index (χ2v) is 7.56. The average Bonchev–Trinajstić information content (AvgIpc) is 3.51. The van der Waals surface area contributed by atoms with Gasteiger partial charge in [0.25, 0.3) is 11.5 Å². The Morgan fingerprint density at radius 1 is 1.03 bits per heavy atom.